The average molecular weight is 362 g/mol. The third kappa shape index (κ3) is 5.08. The number of rotatable bonds is 7. The molecule has 0 aliphatic heterocycles. The second-order valence-corrected chi connectivity index (χ2v) is 8.63. The van der Waals surface area contributed by atoms with E-state index in [0.717, 1.165) is 25.1 Å². The van der Waals surface area contributed by atoms with Crippen molar-refractivity contribution < 1.29 is 0 Å². The van der Waals surface area contributed by atoms with Gasteiger partial charge in [0.05, 0.1) is 15.9 Å². The summed E-state index contributed by atoms with van der Waals surface area (Å²) in [4.78, 5) is 0. The lowest BCUT2D eigenvalue weighted by atomic mass is 10.1. The summed E-state index contributed by atoms with van der Waals surface area (Å²) in [5.41, 5.74) is 2.48. The summed E-state index contributed by atoms with van der Waals surface area (Å²) in [5.74, 6) is 1.11. The monoisotopic (exact) mass is 361 g/mol. The fraction of sp³-hybridized carbons (Fsp3) is 0.800. The molecule has 1 aromatic heterocycles. The molecule has 0 amide bonds. The van der Waals surface area contributed by atoms with Gasteiger partial charge in [-0.2, -0.15) is 16.9 Å². The van der Waals surface area contributed by atoms with E-state index in [1.807, 2.05) is 11.8 Å². The van der Waals surface area contributed by atoms with Gasteiger partial charge in [0, 0.05) is 29.5 Å². The van der Waals surface area contributed by atoms with Crippen LogP contribution in [0.5, 0.6) is 0 Å². The second kappa shape index (κ2) is 7.85. The zero-order chi connectivity index (χ0) is 15.3. The molecular weight excluding hydrogens is 334 g/mol. The van der Waals surface area contributed by atoms with Crippen LogP contribution in [-0.2, 0) is 19.4 Å². The summed E-state index contributed by atoms with van der Waals surface area (Å²) < 4.78 is 3.64. The Morgan fingerprint density at radius 2 is 2.00 bits per heavy atom. The van der Waals surface area contributed by atoms with E-state index in [0.29, 0.717) is 10.8 Å². The Kier molecular flexibility index (Phi) is 7.09. The quantitative estimate of drug-likeness (QED) is 0.798. The van der Waals surface area contributed by atoms with Gasteiger partial charge in [-0.25, -0.2) is 0 Å². The molecule has 1 unspecified atom stereocenters. The highest BCUT2D eigenvalue weighted by molar-refractivity contribution is 9.10. The average Bonchev–Trinajstić information content (AvgIpc) is 2.69. The first-order chi connectivity index (χ1) is 9.32. The van der Waals surface area contributed by atoms with Gasteiger partial charge in [-0.05, 0) is 36.3 Å². The van der Waals surface area contributed by atoms with Gasteiger partial charge < -0.3 is 5.32 Å². The number of likely N-dealkylation sites (N-methyl/N-ethyl adjacent to an activating group) is 1. The number of nitrogens with one attached hydrogen (secondary N) is 1. The number of nitrogens with zero attached hydrogens (tertiary/aromatic N) is 2. The lowest BCUT2D eigenvalue weighted by Gasteiger charge is -2.23. The van der Waals surface area contributed by atoms with Crippen LogP contribution in [0, 0.1) is 0 Å². The fourth-order valence-electron chi connectivity index (χ4n) is 2.04. The molecule has 116 valence electrons. The molecule has 0 saturated heterocycles. The van der Waals surface area contributed by atoms with E-state index in [1.54, 1.807) is 0 Å². The molecule has 1 aromatic rings. The van der Waals surface area contributed by atoms with Crippen LogP contribution in [0.4, 0.5) is 0 Å². The molecule has 1 rings (SSSR count). The predicted molar refractivity (Wildman–Crippen MR) is 93.7 cm³/mol. The van der Waals surface area contributed by atoms with Crippen molar-refractivity contribution in [1.82, 2.24) is 15.1 Å². The molecule has 1 heterocycles. The fourth-order valence-corrected chi connectivity index (χ4v) is 3.75. The van der Waals surface area contributed by atoms with Crippen LogP contribution in [-0.4, -0.2) is 33.4 Å². The molecule has 0 radical (unpaired) electrons. The summed E-state index contributed by atoms with van der Waals surface area (Å²) in [5, 5.41) is 8.12. The van der Waals surface area contributed by atoms with Crippen LogP contribution in [0.25, 0.3) is 0 Å². The van der Waals surface area contributed by atoms with Crippen molar-refractivity contribution in [2.24, 2.45) is 0 Å². The number of halogens is 1. The summed E-state index contributed by atoms with van der Waals surface area (Å²) in [7, 11) is 2.05. The molecule has 0 spiro atoms. The molecule has 1 N–H and O–H groups in total. The van der Waals surface area contributed by atoms with Gasteiger partial charge in [0.25, 0.3) is 0 Å². The van der Waals surface area contributed by atoms with Crippen molar-refractivity contribution >= 4 is 27.7 Å². The Morgan fingerprint density at radius 1 is 1.35 bits per heavy atom. The van der Waals surface area contributed by atoms with Gasteiger partial charge in [0.15, 0.2) is 0 Å². The van der Waals surface area contributed by atoms with Gasteiger partial charge in [-0.15, -0.1) is 0 Å². The molecule has 1 atom stereocenters. The Balaban J connectivity index is 2.81. The second-order valence-electron chi connectivity index (χ2n) is 5.99. The molecule has 0 aromatic carbocycles. The SMILES string of the molecule is CCc1nn(CC)c(CC(CSC(C)(C)C)NC)c1Br. The number of aryl methyl sites for hydroxylation is 2. The zero-order valence-corrected chi connectivity index (χ0v) is 16.0. The highest BCUT2D eigenvalue weighted by Gasteiger charge is 2.20. The number of hydrogen-bond acceptors (Lipinski definition) is 3. The van der Waals surface area contributed by atoms with E-state index in [4.69, 9.17) is 0 Å². The normalized spacial score (nSPS) is 13.8. The Hall–Kier alpha value is -0.0000000000000000555. The molecule has 0 aliphatic carbocycles. The van der Waals surface area contributed by atoms with Crippen molar-refractivity contribution in [3.8, 4) is 0 Å². The lowest BCUT2D eigenvalue weighted by Crippen LogP contribution is -2.32. The van der Waals surface area contributed by atoms with Gasteiger partial charge >= 0.3 is 0 Å². The maximum Gasteiger partial charge on any atom is 0.0766 e. The lowest BCUT2D eigenvalue weighted by molar-refractivity contribution is 0.553. The summed E-state index contributed by atoms with van der Waals surface area (Å²) in [6.07, 6.45) is 1.99. The van der Waals surface area contributed by atoms with Gasteiger partial charge in [-0.3, -0.25) is 4.68 Å². The van der Waals surface area contributed by atoms with Crippen molar-refractivity contribution in [3.63, 3.8) is 0 Å². The van der Waals surface area contributed by atoms with Crippen molar-refractivity contribution in [1.29, 1.82) is 0 Å². The van der Waals surface area contributed by atoms with Gasteiger partial charge in [-0.1, -0.05) is 27.7 Å². The van der Waals surface area contributed by atoms with Crippen molar-refractivity contribution in [2.75, 3.05) is 12.8 Å². The first-order valence-electron chi connectivity index (χ1n) is 7.37. The summed E-state index contributed by atoms with van der Waals surface area (Å²) in [6, 6.07) is 0.474. The number of hydrogen-bond donors (Lipinski definition) is 1. The molecule has 3 nitrogen and oxygen atoms in total. The van der Waals surface area contributed by atoms with Crippen LogP contribution < -0.4 is 5.32 Å². The summed E-state index contributed by atoms with van der Waals surface area (Å²) >= 11 is 5.74. The van der Waals surface area contributed by atoms with E-state index in [1.165, 1.54) is 15.9 Å². The largest absolute Gasteiger partial charge is 0.316 e. The number of aromatic nitrogens is 2. The zero-order valence-electron chi connectivity index (χ0n) is 13.6. The highest BCUT2D eigenvalue weighted by Crippen LogP contribution is 2.27. The minimum atomic E-state index is 0.311. The maximum atomic E-state index is 4.68. The van der Waals surface area contributed by atoms with E-state index < -0.39 is 0 Å². The van der Waals surface area contributed by atoms with Crippen molar-refractivity contribution in [3.05, 3.63) is 15.9 Å². The van der Waals surface area contributed by atoms with E-state index in [-0.39, 0.29) is 0 Å². The summed E-state index contributed by atoms with van der Waals surface area (Å²) in [6.45, 7) is 12.0. The maximum absolute atomic E-state index is 4.68. The third-order valence-corrected chi connectivity index (χ3v) is 5.61. The highest BCUT2D eigenvalue weighted by atomic mass is 79.9. The molecule has 0 fully saturated rings. The number of thioether (sulfide) groups is 1. The van der Waals surface area contributed by atoms with Gasteiger partial charge in [0.1, 0.15) is 0 Å². The standard InChI is InChI=1S/C15H28BrN3S/c1-7-12-14(16)13(19(8-2)18-12)9-11(17-6)10-20-15(3,4)5/h11,17H,7-10H2,1-6H3. The third-order valence-electron chi connectivity index (χ3n) is 3.26. The van der Waals surface area contributed by atoms with Crippen LogP contribution >= 0.6 is 27.7 Å². The molecule has 0 saturated carbocycles. The van der Waals surface area contributed by atoms with Crippen LogP contribution in [0.15, 0.2) is 4.47 Å². The minimum absolute atomic E-state index is 0.311. The van der Waals surface area contributed by atoms with Gasteiger partial charge in [0.2, 0.25) is 0 Å². The molecule has 5 heteroatoms. The van der Waals surface area contributed by atoms with Crippen LogP contribution in [0.1, 0.15) is 46.0 Å². The molecule has 0 aliphatic rings. The molecule has 20 heavy (non-hydrogen) atoms. The van der Waals surface area contributed by atoms with Crippen LogP contribution in [0.3, 0.4) is 0 Å². The van der Waals surface area contributed by atoms with Crippen molar-refractivity contribution in [2.45, 2.75) is 64.8 Å². The Bertz CT molecular complexity index is 423. The first-order valence-corrected chi connectivity index (χ1v) is 9.15. The van der Waals surface area contributed by atoms with Crippen LogP contribution in [0.2, 0.25) is 0 Å². The minimum Gasteiger partial charge on any atom is -0.316 e. The van der Waals surface area contributed by atoms with E-state index >= 15 is 0 Å². The van der Waals surface area contributed by atoms with E-state index in [2.05, 4.69) is 72.7 Å². The molecule has 0 bridgehead atoms. The topological polar surface area (TPSA) is 29.9 Å². The van der Waals surface area contributed by atoms with E-state index in [9.17, 15) is 0 Å². The molecular formula is C15H28BrN3S. The Labute approximate surface area is 136 Å². The predicted octanol–water partition coefficient (Wildman–Crippen LogP) is 3.89. The Morgan fingerprint density at radius 3 is 2.45 bits per heavy atom. The smallest absolute Gasteiger partial charge is 0.0766 e. The first kappa shape index (κ1) is 18.1.